The molecule has 0 radical (unpaired) electrons. The molecule has 1 heterocycles. The molecule has 2 heteroatoms. The minimum Gasteiger partial charge on any atom is -0.392 e. The minimum atomic E-state index is -0.0480. The van der Waals surface area contributed by atoms with Crippen molar-refractivity contribution in [3.05, 3.63) is 0 Å². The summed E-state index contributed by atoms with van der Waals surface area (Å²) in [6.45, 7) is 2.21. The van der Waals surface area contributed by atoms with Gasteiger partial charge in [0.1, 0.15) is 0 Å². The van der Waals surface area contributed by atoms with Crippen LogP contribution in [0, 0.1) is 11.8 Å². The van der Waals surface area contributed by atoms with Crippen molar-refractivity contribution in [1.29, 1.82) is 0 Å². The Hall–Kier alpha value is -0.0800. The molecule has 3 aliphatic rings. The fourth-order valence-electron chi connectivity index (χ4n) is 4.69. The third kappa shape index (κ3) is 2.75. The van der Waals surface area contributed by atoms with Crippen LogP contribution < -0.4 is 0 Å². The first-order chi connectivity index (χ1) is 8.84. The average molecular weight is 251 g/mol. The zero-order chi connectivity index (χ0) is 12.4. The summed E-state index contributed by atoms with van der Waals surface area (Å²) in [6, 6.07) is 0.809. The monoisotopic (exact) mass is 251 g/mol. The van der Waals surface area contributed by atoms with E-state index in [2.05, 4.69) is 4.90 Å². The van der Waals surface area contributed by atoms with Crippen molar-refractivity contribution in [3.63, 3.8) is 0 Å². The van der Waals surface area contributed by atoms with Gasteiger partial charge in [0.05, 0.1) is 6.10 Å². The van der Waals surface area contributed by atoms with Crippen LogP contribution in [0.5, 0.6) is 0 Å². The van der Waals surface area contributed by atoms with Crippen LogP contribution in [0.2, 0.25) is 0 Å². The smallest absolute Gasteiger partial charge is 0.0695 e. The van der Waals surface area contributed by atoms with Crippen molar-refractivity contribution >= 4 is 0 Å². The van der Waals surface area contributed by atoms with Gasteiger partial charge in [-0.3, -0.25) is 4.90 Å². The average Bonchev–Trinajstić information content (AvgIpc) is 2.93. The van der Waals surface area contributed by atoms with Crippen molar-refractivity contribution in [2.24, 2.45) is 11.8 Å². The van der Waals surface area contributed by atoms with Gasteiger partial charge < -0.3 is 5.11 Å². The quantitative estimate of drug-likeness (QED) is 0.832. The van der Waals surface area contributed by atoms with Crippen LogP contribution in [-0.2, 0) is 0 Å². The summed E-state index contributed by atoms with van der Waals surface area (Å²) in [4.78, 5) is 2.65. The summed E-state index contributed by atoms with van der Waals surface area (Å²) >= 11 is 0. The molecule has 0 bridgehead atoms. The second-order valence-corrected chi connectivity index (χ2v) is 6.86. The lowest BCUT2D eigenvalue weighted by molar-refractivity contribution is 0.00249. The van der Waals surface area contributed by atoms with Gasteiger partial charge in [-0.25, -0.2) is 0 Å². The van der Waals surface area contributed by atoms with Crippen LogP contribution >= 0.6 is 0 Å². The maximum absolute atomic E-state index is 10.4. The lowest BCUT2D eigenvalue weighted by atomic mass is 9.78. The fraction of sp³-hybridized carbons (Fsp3) is 1.00. The van der Waals surface area contributed by atoms with E-state index in [4.69, 9.17) is 0 Å². The van der Waals surface area contributed by atoms with E-state index in [1.54, 1.807) is 0 Å². The standard InChI is InChI=1S/C16H29NO/c18-16(14-7-1-2-8-14)12-17-11-5-9-13-6-3-4-10-15(13)17/h13-16,18H,1-12H2/t13-,15-,16?/m1/s1. The van der Waals surface area contributed by atoms with Crippen LogP contribution in [0.25, 0.3) is 0 Å². The van der Waals surface area contributed by atoms with Gasteiger partial charge in [-0.2, -0.15) is 0 Å². The molecule has 3 rings (SSSR count). The zero-order valence-corrected chi connectivity index (χ0v) is 11.7. The van der Waals surface area contributed by atoms with E-state index in [-0.39, 0.29) is 6.10 Å². The predicted octanol–water partition coefficient (Wildman–Crippen LogP) is 3.19. The van der Waals surface area contributed by atoms with Gasteiger partial charge in [0.2, 0.25) is 0 Å². The highest BCUT2D eigenvalue weighted by atomic mass is 16.3. The molecule has 0 aromatic heterocycles. The Morgan fingerprint density at radius 3 is 2.39 bits per heavy atom. The predicted molar refractivity (Wildman–Crippen MR) is 74.5 cm³/mol. The molecule has 0 aromatic carbocycles. The van der Waals surface area contributed by atoms with E-state index in [0.717, 1.165) is 18.5 Å². The van der Waals surface area contributed by atoms with Crippen LogP contribution in [0.15, 0.2) is 0 Å². The number of nitrogens with zero attached hydrogens (tertiary/aromatic N) is 1. The highest BCUT2D eigenvalue weighted by Gasteiger charge is 2.35. The summed E-state index contributed by atoms with van der Waals surface area (Å²) in [5, 5.41) is 10.4. The van der Waals surface area contributed by atoms with Crippen molar-refractivity contribution in [3.8, 4) is 0 Å². The highest BCUT2D eigenvalue weighted by molar-refractivity contribution is 4.89. The Morgan fingerprint density at radius 2 is 1.56 bits per heavy atom. The van der Waals surface area contributed by atoms with Gasteiger partial charge in [0, 0.05) is 12.6 Å². The Morgan fingerprint density at radius 1 is 0.889 bits per heavy atom. The number of fused-ring (bicyclic) bond motifs is 1. The molecule has 2 saturated carbocycles. The fourth-order valence-corrected chi connectivity index (χ4v) is 4.69. The van der Waals surface area contributed by atoms with E-state index in [0.29, 0.717) is 5.92 Å². The number of piperidine rings is 1. The van der Waals surface area contributed by atoms with Crippen molar-refractivity contribution in [2.45, 2.75) is 76.4 Å². The maximum Gasteiger partial charge on any atom is 0.0695 e. The molecular weight excluding hydrogens is 222 g/mol. The molecule has 18 heavy (non-hydrogen) atoms. The highest BCUT2D eigenvalue weighted by Crippen LogP contribution is 2.36. The van der Waals surface area contributed by atoms with Crippen LogP contribution in [0.1, 0.15) is 64.2 Å². The number of hydrogen-bond donors (Lipinski definition) is 1. The summed E-state index contributed by atoms with van der Waals surface area (Å²) < 4.78 is 0. The van der Waals surface area contributed by atoms with Gasteiger partial charge in [0.15, 0.2) is 0 Å². The summed E-state index contributed by atoms with van der Waals surface area (Å²) in [5.74, 6) is 1.55. The van der Waals surface area contributed by atoms with Crippen molar-refractivity contribution < 1.29 is 5.11 Å². The van der Waals surface area contributed by atoms with Crippen molar-refractivity contribution in [1.82, 2.24) is 4.90 Å². The molecule has 2 aliphatic carbocycles. The molecule has 1 unspecified atom stereocenters. The number of hydrogen-bond acceptors (Lipinski definition) is 2. The number of rotatable bonds is 3. The third-order valence-corrected chi connectivity index (χ3v) is 5.72. The van der Waals surface area contributed by atoms with Gasteiger partial charge in [0.25, 0.3) is 0 Å². The van der Waals surface area contributed by atoms with Gasteiger partial charge in [-0.1, -0.05) is 25.7 Å². The lowest BCUT2D eigenvalue weighted by Crippen LogP contribution is -2.50. The molecule has 0 amide bonds. The molecule has 1 aliphatic heterocycles. The summed E-state index contributed by atoms with van der Waals surface area (Å²) in [6.07, 6.45) is 13.7. The topological polar surface area (TPSA) is 23.5 Å². The Kier molecular flexibility index (Phi) is 4.25. The number of aliphatic hydroxyl groups excluding tert-OH is 1. The molecule has 1 saturated heterocycles. The molecule has 3 atom stereocenters. The van der Waals surface area contributed by atoms with Crippen molar-refractivity contribution in [2.75, 3.05) is 13.1 Å². The Labute approximate surface area is 112 Å². The van der Waals surface area contributed by atoms with Gasteiger partial charge >= 0.3 is 0 Å². The Balaban J connectivity index is 1.56. The third-order valence-electron chi connectivity index (χ3n) is 5.72. The van der Waals surface area contributed by atoms with Crippen LogP contribution in [0.3, 0.4) is 0 Å². The number of β-amino-alcohol motifs (C(OH)–C–C–N with tert-alkyl or cyclic N) is 1. The van der Waals surface area contributed by atoms with E-state index < -0.39 is 0 Å². The summed E-state index contributed by atoms with van der Waals surface area (Å²) in [7, 11) is 0. The second kappa shape index (κ2) is 5.92. The van der Waals surface area contributed by atoms with E-state index >= 15 is 0 Å². The largest absolute Gasteiger partial charge is 0.392 e. The first-order valence-corrected chi connectivity index (χ1v) is 8.27. The first kappa shape index (κ1) is 12.9. The number of aliphatic hydroxyl groups is 1. The van der Waals surface area contributed by atoms with Gasteiger partial charge in [-0.15, -0.1) is 0 Å². The van der Waals surface area contributed by atoms with E-state index in [9.17, 15) is 5.11 Å². The van der Waals surface area contributed by atoms with E-state index in [1.807, 2.05) is 0 Å². The van der Waals surface area contributed by atoms with E-state index in [1.165, 1.54) is 70.8 Å². The second-order valence-electron chi connectivity index (χ2n) is 6.86. The van der Waals surface area contributed by atoms with Gasteiger partial charge in [-0.05, 0) is 56.9 Å². The minimum absolute atomic E-state index is 0.0480. The normalized spacial score (nSPS) is 36.5. The SMILES string of the molecule is OC(CN1CCC[C@H]2CCCC[C@H]21)C1CCCC1. The lowest BCUT2D eigenvalue weighted by Gasteiger charge is -2.45. The molecule has 2 nitrogen and oxygen atoms in total. The number of likely N-dealkylation sites (tertiary alicyclic amines) is 1. The zero-order valence-electron chi connectivity index (χ0n) is 11.7. The first-order valence-electron chi connectivity index (χ1n) is 8.27. The molecule has 104 valence electrons. The molecular formula is C16H29NO. The molecule has 0 aromatic rings. The summed E-state index contributed by atoms with van der Waals surface area (Å²) in [5.41, 5.74) is 0. The van der Waals surface area contributed by atoms with Crippen LogP contribution in [-0.4, -0.2) is 35.2 Å². The Bertz CT molecular complexity index is 260. The molecule has 3 fully saturated rings. The maximum atomic E-state index is 10.4. The van der Waals surface area contributed by atoms with Crippen LogP contribution in [0.4, 0.5) is 0 Å². The molecule has 1 N–H and O–H groups in total. The molecule has 0 spiro atoms.